The summed E-state index contributed by atoms with van der Waals surface area (Å²) in [7, 11) is 0. The fourth-order valence-corrected chi connectivity index (χ4v) is 11.5. The summed E-state index contributed by atoms with van der Waals surface area (Å²) >= 11 is 0. The second-order valence-electron chi connectivity index (χ2n) is 17.6. The molecule has 4 aliphatic carbocycles. The lowest BCUT2D eigenvalue weighted by molar-refractivity contribution is -0.311. The highest BCUT2D eigenvalue weighted by Gasteiger charge is 2.75. The van der Waals surface area contributed by atoms with Crippen LogP contribution in [0.2, 0.25) is 0 Å². The molecule has 47 heavy (non-hydrogen) atoms. The molecule has 6 N–H and O–H groups in total. The molecule has 0 bridgehead atoms. The number of hydrogen-bond acceptors (Lipinski definition) is 11. The Morgan fingerprint density at radius 3 is 2.23 bits per heavy atom. The van der Waals surface area contributed by atoms with Crippen LogP contribution in [-0.4, -0.2) is 109 Å². The molecule has 3 saturated carbocycles. The van der Waals surface area contributed by atoms with E-state index in [0.29, 0.717) is 25.7 Å². The first-order valence-corrected chi connectivity index (χ1v) is 17.4. The predicted molar refractivity (Wildman–Crippen MR) is 169 cm³/mol. The summed E-state index contributed by atoms with van der Waals surface area (Å²) in [6.45, 7) is 14.9. The molecule has 0 aromatic carbocycles. The molecule has 0 amide bonds. The van der Waals surface area contributed by atoms with Crippen LogP contribution in [0, 0.1) is 39.4 Å². The maximum atomic E-state index is 14.8. The highest BCUT2D eigenvalue weighted by molar-refractivity contribution is 5.94. The molecule has 0 spiro atoms. The molecule has 2 heterocycles. The molecule has 15 atom stereocenters. The van der Waals surface area contributed by atoms with Crippen molar-refractivity contribution in [2.45, 2.75) is 154 Å². The minimum Gasteiger partial charge on any atom is -0.394 e. The van der Waals surface area contributed by atoms with E-state index in [9.17, 15) is 40.2 Å². The van der Waals surface area contributed by atoms with E-state index < -0.39 is 82.4 Å². The Bertz CT molecular complexity index is 1320. The van der Waals surface area contributed by atoms with Gasteiger partial charge in [-0.25, -0.2) is 0 Å². The number of fused-ring (bicyclic) bond motifs is 5. The zero-order valence-corrected chi connectivity index (χ0v) is 29.1. The van der Waals surface area contributed by atoms with Gasteiger partial charge in [0.25, 0.3) is 0 Å². The van der Waals surface area contributed by atoms with E-state index in [1.807, 2.05) is 27.7 Å². The number of rotatable bonds is 5. The average molecular weight is 665 g/mol. The highest BCUT2D eigenvalue weighted by Crippen LogP contribution is 2.75. The number of ketones is 2. The summed E-state index contributed by atoms with van der Waals surface area (Å²) in [6, 6.07) is 0. The third-order valence-corrected chi connectivity index (χ3v) is 14.3. The van der Waals surface area contributed by atoms with Crippen molar-refractivity contribution in [3.8, 4) is 0 Å². The van der Waals surface area contributed by atoms with Gasteiger partial charge in [0.05, 0.1) is 30.0 Å². The topological polar surface area (TPSA) is 183 Å². The number of aliphatic hydroxyl groups excluding tert-OH is 5. The lowest BCUT2D eigenvalue weighted by Gasteiger charge is -2.64. The minimum atomic E-state index is -1.65. The van der Waals surface area contributed by atoms with Crippen molar-refractivity contribution in [2.75, 3.05) is 6.61 Å². The number of allylic oxidation sites excluding steroid dienone is 2. The first-order chi connectivity index (χ1) is 21.6. The van der Waals surface area contributed by atoms with Crippen molar-refractivity contribution >= 4 is 11.6 Å². The number of carbonyl (C=O) groups is 2. The molecule has 3 unspecified atom stereocenters. The predicted octanol–water partition coefficient (Wildman–Crippen LogP) is 1.81. The number of ether oxygens (including phenoxy) is 3. The number of Topliss-reactive ketones (excluding diaryl/α,β-unsaturated/α-hetero) is 2. The van der Waals surface area contributed by atoms with Crippen molar-refractivity contribution in [1.29, 1.82) is 0 Å². The maximum Gasteiger partial charge on any atom is 0.187 e. The molecule has 0 aromatic rings. The fourth-order valence-electron chi connectivity index (χ4n) is 11.5. The monoisotopic (exact) mass is 664 g/mol. The molecule has 0 radical (unpaired) electrons. The molecular formula is C36H56O11. The molecule has 11 nitrogen and oxygen atoms in total. The quantitative estimate of drug-likeness (QED) is 0.236. The second-order valence-corrected chi connectivity index (χ2v) is 17.6. The van der Waals surface area contributed by atoms with Gasteiger partial charge in [-0.15, -0.1) is 0 Å². The van der Waals surface area contributed by atoms with Crippen LogP contribution in [0.3, 0.4) is 0 Å². The van der Waals surface area contributed by atoms with Gasteiger partial charge < -0.3 is 44.8 Å². The Kier molecular flexibility index (Phi) is 8.40. The molecule has 5 fully saturated rings. The van der Waals surface area contributed by atoms with E-state index in [-0.39, 0.29) is 48.3 Å². The highest BCUT2D eigenvalue weighted by atomic mass is 16.7. The lowest BCUT2D eigenvalue weighted by atomic mass is 9.38. The summed E-state index contributed by atoms with van der Waals surface area (Å²) in [5, 5.41) is 63.6. The third-order valence-electron chi connectivity index (χ3n) is 14.3. The zero-order valence-electron chi connectivity index (χ0n) is 29.1. The van der Waals surface area contributed by atoms with Gasteiger partial charge in [-0.1, -0.05) is 32.4 Å². The van der Waals surface area contributed by atoms with Crippen molar-refractivity contribution in [3.05, 3.63) is 11.6 Å². The third kappa shape index (κ3) is 4.85. The molecule has 266 valence electrons. The van der Waals surface area contributed by atoms with Crippen LogP contribution in [0.25, 0.3) is 0 Å². The Balaban J connectivity index is 1.34. The maximum absolute atomic E-state index is 14.8. The smallest absolute Gasteiger partial charge is 0.187 e. The standard InChI is InChI=1S/C36H56O11/c1-31(2)17-9-10-22-33(5)14-19(38)28(35(7)12-11-24(47-35)32(3,4)44)34(33,6)15-23(39)36(22,8)18(17)13-20(29(31)43)45-30-27(42)26(41)25(40)21(16-37)46-30/h9,18-22,24-28,30,37-38,40-42,44H,10-16H2,1-8H3/t18-,19?,20?,21-,22+,24?,25-,26+,27-,28+,30-,33+,34-,35+,36+/m1/s1. The molecule has 2 saturated heterocycles. The molecule has 6 rings (SSSR count). The van der Waals surface area contributed by atoms with Gasteiger partial charge in [-0.2, -0.15) is 0 Å². The van der Waals surface area contributed by atoms with Gasteiger partial charge in [0, 0.05) is 23.2 Å². The van der Waals surface area contributed by atoms with E-state index in [4.69, 9.17) is 14.2 Å². The van der Waals surface area contributed by atoms with Crippen LogP contribution < -0.4 is 0 Å². The summed E-state index contributed by atoms with van der Waals surface area (Å²) in [5.74, 6) is -0.997. The molecular weight excluding hydrogens is 608 g/mol. The fraction of sp³-hybridized carbons (Fsp3) is 0.889. The van der Waals surface area contributed by atoms with Gasteiger partial charge >= 0.3 is 0 Å². The zero-order chi connectivity index (χ0) is 34.9. The Morgan fingerprint density at radius 1 is 0.979 bits per heavy atom. The first-order valence-electron chi connectivity index (χ1n) is 17.4. The Hall–Kier alpha value is -1.28. The van der Waals surface area contributed by atoms with E-state index in [1.54, 1.807) is 13.8 Å². The Labute approximate surface area is 277 Å². The second kappa shape index (κ2) is 11.1. The van der Waals surface area contributed by atoms with Gasteiger partial charge in [0.15, 0.2) is 12.1 Å². The lowest BCUT2D eigenvalue weighted by Crippen LogP contribution is -2.65. The van der Waals surface area contributed by atoms with Crippen LogP contribution in [-0.2, 0) is 23.8 Å². The van der Waals surface area contributed by atoms with Crippen LogP contribution >= 0.6 is 0 Å². The SMILES string of the molecule is CC1(C)C(=O)C(O[C@@H]2O[C@H](CO)[C@@H](O)[C@H](O)[C@H]2O)C[C@@H]2C1=CC[C@@H]1[C@@]2(C)C(=O)C[C@]2(C)[C@@H]([C@]3(C)CCC(C(C)(C)O)O3)C(O)C[C@@]12C. The largest absolute Gasteiger partial charge is 0.394 e. The van der Waals surface area contributed by atoms with Crippen molar-refractivity contribution < 1.29 is 54.4 Å². The van der Waals surface area contributed by atoms with Gasteiger partial charge in [-0.05, 0) is 89.4 Å². The molecule has 6 aliphatic rings. The van der Waals surface area contributed by atoms with Gasteiger partial charge in [0.1, 0.15) is 36.3 Å². The molecule has 0 aromatic heterocycles. The summed E-state index contributed by atoms with van der Waals surface area (Å²) in [6.07, 6.45) is -4.72. The number of hydrogen-bond donors (Lipinski definition) is 6. The van der Waals surface area contributed by atoms with E-state index in [2.05, 4.69) is 19.9 Å². The van der Waals surface area contributed by atoms with E-state index >= 15 is 0 Å². The van der Waals surface area contributed by atoms with Crippen molar-refractivity contribution in [1.82, 2.24) is 0 Å². The van der Waals surface area contributed by atoms with Crippen LogP contribution in [0.15, 0.2) is 11.6 Å². The molecule has 11 heteroatoms. The van der Waals surface area contributed by atoms with E-state index in [0.717, 1.165) is 5.57 Å². The minimum absolute atomic E-state index is 0.0783. The van der Waals surface area contributed by atoms with Crippen LogP contribution in [0.1, 0.15) is 93.9 Å². The van der Waals surface area contributed by atoms with Crippen LogP contribution in [0.5, 0.6) is 0 Å². The van der Waals surface area contributed by atoms with Crippen molar-refractivity contribution in [3.63, 3.8) is 0 Å². The van der Waals surface area contributed by atoms with Crippen molar-refractivity contribution in [2.24, 2.45) is 39.4 Å². The summed E-state index contributed by atoms with van der Waals surface area (Å²) < 4.78 is 18.3. The average Bonchev–Trinajstić information content (AvgIpc) is 3.47. The molecule has 2 aliphatic heterocycles. The Morgan fingerprint density at radius 2 is 1.64 bits per heavy atom. The van der Waals surface area contributed by atoms with Gasteiger partial charge in [0.2, 0.25) is 0 Å². The summed E-state index contributed by atoms with van der Waals surface area (Å²) in [5.41, 5.74) is -3.78. The van der Waals surface area contributed by atoms with Gasteiger partial charge in [-0.3, -0.25) is 9.59 Å². The van der Waals surface area contributed by atoms with Crippen LogP contribution in [0.4, 0.5) is 0 Å². The summed E-state index contributed by atoms with van der Waals surface area (Å²) in [4.78, 5) is 28.8. The normalized spacial score (nSPS) is 52.9. The van der Waals surface area contributed by atoms with E-state index in [1.165, 1.54) is 0 Å². The number of aliphatic hydroxyl groups is 6. The number of carbonyl (C=O) groups excluding carboxylic acids is 2. The first kappa shape index (κ1) is 35.5.